The summed E-state index contributed by atoms with van der Waals surface area (Å²) in [6.45, 7) is 0. The van der Waals surface area contributed by atoms with Crippen LogP contribution in [0.2, 0.25) is 0 Å². The molecule has 2 atom stereocenters. The van der Waals surface area contributed by atoms with Crippen molar-refractivity contribution < 1.29 is 17.7 Å². The third-order valence-electron chi connectivity index (χ3n) is 4.21. The fraction of sp³-hybridized carbons (Fsp3) is 0.538. The largest absolute Gasteiger partial charge is 0.311 e. The average molecular weight is 366 g/mol. The summed E-state index contributed by atoms with van der Waals surface area (Å²) in [6.07, 6.45) is 3.20. The van der Waals surface area contributed by atoms with Gasteiger partial charge in [-0.05, 0) is 31.7 Å². The maximum absolute atomic E-state index is 13.9. The number of hydrogen-bond donors (Lipinski definition) is 2. The Kier molecular flexibility index (Phi) is 5.24. The Morgan fingerprint density at radius 2 is 1.87 bits per heavy atom. The number of nitrogens with one attached hydrogen (secondary N) is 2. The van der Waals surface area contributed by atoms with Crippen LogP contribution in [0.4, 0.5) is 10.1 Å². The second kappa shape index (κ2) is 6.68. The van der Waals surface area contributed by atoms with Gasteiger partial charge in [-0.1, -0.05) is 6.07 Å². The van der Waals surface area contributed by atoms with Crippen molar-refractivity contribution >= 4 is 28.1 Å². The van der Waals surface area contributed by atoms with Gasteiger partial charge in [0.15, 0.2) is 4.90 Å². The lowest BCUT2D eigenvalue weighted by molar-refractivity contribution is -0.388. The van der Waals surface area contributed by atoms with Gasteiger partial charge >= 0.3 is 0 Å². The van der Waals surface area contributed by atoms with Crippen molar-refractivity contribution in [3.8, 4) is 0 Å². The molecule has 3 rings (SSSR count). The first-order valence-corrected chi connectivity index (χ1v) is 8.56. The molecule has 2 unspecified atom stereocenters. The molecule has 2 aliphatic rings. The molecular formula is C13H17ClFN3O4S. The van der Waals surface area contributed by atoms with Crippen LogP contribution in [0.5, 0.6) is 0 Å². The smallest absolute Gasteiger partial charge is 0.292 e. The molecule has 2 heterocycles. The molecule has 10 heteroatoms. The van der Waals surface area contributed by atoms with Crippen LogP contribution in [-0.4, -0.2) is 31.5 Å². The number of hydrogen-bond acceptors (Lipinski definition) is 5. The third kappa shape index (κ3) is 3.63. The predicted molar refractivity (Wildman–Crippen MR) is 83.6 cm³/mol. The lowest BCUT2D eigenvalue weighted by Gasteiger charge is -2.29. The van der Waals surface area contributed by atoms with E-state index >= 15 is 0 Å². The first-order chi connectivity index (χ1) is 10.4. The van der Waals surface area contributed by atoms with E-state index in [9.17, 15) is 22.9 Å². The van der Waals surface area contributed by atoms with Crippen LogP contribution in [0.15, 0.2) is 23.1 Å². The van der Waals surface area contributed by atoms with Gasteiger partial charge in [0.1, 0.15) is 5.82 Å². The molecule has 2 N–H and O–H groups in total. The van der Waals surface area contributed by atoms with Crippen LogP contribution >= 0.6 is 12.4 Å². The van der Waals surface area contributed by atoms with Crippen LogP contribution in [0.25, 0.3) is 0 Å². The topological polar surface area (TPSA) is 101 Å². The monoisotopic (exact) mass is 365 g/mol. The molecule has 2 aliphatic heterocycles. The van der Waals surface area contributed by atoms with Crippen molar-refractivity contribution in [2.45, 2.75) is 48.7 Å². The molecule has 0 radical (unpaired) electrons. The predicted octanol–water partition coefficient (Wildman–Crippen LogP) is 1.72. The molecule has 0 saturated carbocycles. The summed E-state index contributed by atoms with van der Waals surface area (Å²) in [5.41, 5.74) is -0.746. The van der Waals surface area contributed by atoms with E-state index in [1.165, 1.54) is 0 Å². The second-order valence-corrected chi connectivity index (χ2v) is 7.42. The highest BCUT2D eigenvalue weighted by atomic mass is 35.5. The van der Waals surface area contributed by atoms with Crippen molar-refractivity contribution in [1.29, 1.82) is 0 Å². The first kappa shape index (κ1) is 18.1. The van der Waals surface area contributed by atoms with Crippen molar-refractivity contribution in [3.63, 3.8) is 0 Å². The zero-order chi connectivity index (χ0) is 15.9. The van der Waals surface area contributed by atoms with E-state index in [4.69, 9.17) is 0 Å². The van der Waals surface area contributed by atoms with Crippen molar-refractivity contribution in [2.24, 2.45) is 0 Å². The summed E-state index contributed by atoms with van der Waals surface area (Å²) < 4.78 is 41.1. The van der Waals surface area contributed by atoms with E-state index in [-0.39, 0.29) is 30.5 Å². The molecule has 0 aliphatic carbocycles. The van der Waals surface area contributed by atoms with Gasteiger partial charge in [-0.15, -0.1) is 12.4 Å². The van der Waals surface area contributed by atoms with Crippen LogP contribution in [0.1, 0.15) is 25.7 Å². The highest BCUT2D eigenvalue weighted by Crippen LogP contribution is 2.30. The molecule has 0 aromatic heterocycles. The maximum Gasteiger partial charge on any atom is 0.292 e. The fourth-order valence-electron chi connectivity index (χ4n) is 3.34. The van der Waals surface area contributed by atoms with Gasteiger partial charge in [-0.2, -0.15) is 0 Å². The van der Waals surface area contributed by atoms with Gasteiger partial charge in [-0.3, -0.25) is 10.1 Å². The van der Waals surface area contributed by atoms with E-state index in [1.54, 1.807) is 0 Å². The number of halogens is 2. The van der Waals surface area contributed by atoms with Crippen LogP contribution in [0, 0.1) is 15.9 Å². The normalized spacial score (nSPS) is 26.6. The fourth-order valence-corrected chi connectivity index (χ4v) is 4.83. The third-order valence-corrected chi connectivity index (χ3v) is 5.79. The number of piperidine rings is 1. The summed E-state index contributed by atoms with van der Waals surface area (Å²) >= 11 is 0. The minimum absolute atomic E-state index is 0. The SMILES string of the molecule is Cl.O=[N+]([O-])c1cccc(F)c1S(=O)(=O)NC1CC2CCC(C1)N2. The van der Waals surface area contributed by atoms with E-state index < -0.39 is 31.3 Å². The van der Waals surface area contributed by atoms with E-state index in [2.05, 4.69) is 10.0 Å². The second-order valence-electron chi connectivity index (χ2n) is 5.77. The number of benzene rings is 1. The zero-order valence-electron chi connectivity index (χ0n) is 12.1. The molecule has 1 aromatic rings. The average Bonchev–Trinajstić information content (AvgIpc) is 2.76. The summed E-state index contributed by atoms with van der Waals surface area (Å²) in [6, 6.07) is 3.20. The molecule has 7 nitrogen and oxygen atoms in total. The summed E-state index contributed by atoms with van der Waals surface area (Å²) in [5, 5.41) is 14.3. The molecule has 0 amide bonds. The molecular weight excluding hydrogens is 349 g/mol. The minimum atomic E-state index is -4.28. The summed E-state index contributed by atoms with van der Waals surface area (Å²) in [4.78, 5) is 9.20. The van der Waals surface area contributed by atoms with Crippen molar-refractivity contribution in [1.82, 2.24) is 10.0 Å². The molecule has 0 spiro atoms. The highest BCUT2D eigenvalue weighted by Gasteiger charge is 2.37. The number of rotatable bonds is 4. The van der Waals surface area contributed by atoms with Crippen LogP contribution < -0.4 is 10.0 Å². The van der Waals surface area contributed by atoms with Crippen molar-refractivity contribution in [3.05, 3.63) is 34.1 Å². The maximum atomic E-state index is 13.9. The Morgan fingerprint density at radius 1 is 1.26 bits per heavy atom. The first-order valence-electron chi connectivity index (χ1n) is 7.08. The molecule has 128 valence electrons. The van der Waals surface area contributed by atoms with Gasteiger partial charge in [0.25, 0.3) is 15.7 Å². The molecule has 23 heavy (non-hydrogen) atoms. The number of sulfonamides is 1. The Balaban J connectivity index is 0.00000192. The zero-order valence-corrected chi connectivity index (χ0v) is 13.7. The number of fused-ring (bicyclic) bond motifs is 2. The van der Waals surface area contributed by atoms with E-state index in [1.807, 2.05) is 0 Å². The standard InChI is InChI=1S/C13H16FN3O4S.ClH/c14-11-2-1-3-12(17(18)19)13(11)22(20,21)16-10-6-8-4-5-9(7-10)15-8;/h1-3,8-10,15-16H,4-7H2;1H. The number of nitro groups is 1. The Morgan fingerprint density at radius 3 is 2.43 bits per heavy atom. The number of nitrogens with zero attached hydrogens (tertiary/aromatic N) is 1. The molecule has 2 fully saturated rings. The lowest BCUT2D eigenvalue weighted by Crippen LogP contribution is -2.48. The quantitative estimate of drug-likeness (QED) is 0.625. The molecule has 2 bridgehead atoms. The highest BCUT2D eigenvalue weighted by molar-refractivity contribution is 7.89. The van der Waals surface area contributed by atoms with Gasteiger partial charge in [0, 0.05) is 24.2 Å². The van der Waals surface area contributed by atoms with Gasteiger partial charge < -0.3 is 5.32 Å². The summed E-state index contributed by atoms with van der Waals surface area (Å²) in [5.74, 6) is -1.11. The van der Waals surface area contributed by atoms with Crippen molar-refractivity contribution in [2.75, 3.05) is 0 Å². The number of nitro benzene ring substituents is 1. The van der Waals surface area contributed by atoms with E-state index in [0.717, 1.165) is 31.0 Å². The Hall–Kier alpha value is -1.29. The van der Waals surface area contributed by atoms with Gasteiger partial charge in [-0.25, -0.2) is 17.5 Å². The van der Waals surface area contributed by atoms with Crippen LogP contribution in [0.3, 0.4) is 0 Å². The van der Waals surface area contributed by atoms with Gasteiger partial charge in [0.2, 0.25) is 0 Å². The Labute approximate surface area is 139 Å². The van der Waals surface area contributed by atoms with Crippen LogP contribution in [-0.2, 0) is 10.0 Å². The Bertz CT molecular complexity index is 703. The van der Waals surface area contributed by atoms with Gasteiger partial charge in [0.05, 0.1) is 4.92 Å². The minimum Gasteiger partial charge on any atom is -0.311 e. The summed E-state index contributed by atoms with van der Waals surface area (Å²) in [7, 11) is -4.28. The molecule has 1 aromatic carbocycles. The van der Waals surface area contributed by atoms with E-state index in [0.29, 0.717) is 12.8 Å². The molecule has 2 saturated heterocycles. The lowest BCUT2D eigenvalue weighted by atomic mass is 10.0.